The number of rotatable bonds is 6. The van der Waals surface area contributed by atoms with Crippen molar-refractivity contribution < 1.29 is 18.3 Å². The topological polar surface area (TPSA) is 64.4 Å². The maximum atomic E-state index is 12.2. The average Bonchev–Trinajstić information content (AvgIpc) is 2.35. The fourth-order valence-electron chi connectivity index (χ4n) is 1.36. The summed E-state index contributed by atoms with van der Waals surface area (Å²) in [5.41, 5.74) is 6.02. The van der Waals surface area contributed by atoms with Crippen LogP contribution in [-0.4, -0.2) is 18.6 Å². The fraction of sp³-hybridized carbons (Fsp3) is 0.417. The third kappa shape index (κ3) is 4.29. The van der Waals surface area contributed by atoms with Gasteiger partial charge in [-0.05, 0) is 12.5 Å². The molecular weight excluding hydrogens is 242 g/mol. The zero-order valence-corrected chi connectivity index (χ0v) is 10.0. The molecule has 0 aromatic heterocycles. The predicted octanol–water partition coefficient (Wildman–Crippen LogP) is 1.64. The lowest BCUT2D eigenvalue weighted by Gasteiger charge is -2.13. The number of alkyl halides is 2. The first-order valence-electron chi connectivity index (χ1n) is 5.60. The average molecular weight is 258 g/mol. The van der Waals surface area contributed by atoms with Crippen LogP contribution in [0.25, 0.3) is 0 Å². The van der Waals surface area contributed by atoms with Gasteiger partial charge in [0.25, 0.3) is 0 Å². The van der Waals surface area contributed by atoms with E-state index in [-0.39, 0.29) is 18.2 Å². The van der Waals surface area contributed by atoms with E-state index < -0.39 is 12.7 Å². The van der Waals surface area contributed by atoms with Crippen LogP contribution in [0.4, 0.5) is 8.78 Å². The highest BCUT2D eigenvalue weighted by atomic mass is 19.3. The van der Waals surface area contributed by atoms with Crippen molar-refractivity contribution in [3.05, 3.63) is 29.8 Å². The van der Waals surface area contributed by atoms with E-state index in [4.69, 9.17) is 5.73 Å². The van der Waals surface area contributed by atoms with Crippen molar-refractivity contribution in [3.63, 3.8) is 0 Å². The Morgan fingerprint density at radius 1 is 1.44 bits per heavy atom. The largest absolute Gasteiger partial charge is 0.434 e. The molecule has 0 aliphatic heterocycles. The number of para-hydroxylation sites is 1. The third-order valence-electron chi connectivity index (χ3n) is 2.42. The van der Waals surface area contributed by atoms with E-state index in [0.717, 1.165) is 0 Å². The van der Waals surface area contributed by atoms with E-state index in [0.29, 0.717) is 12.0 Å². The lowest BCUT2D eigenvalue weighted by molar-refractivity contribution is -0.122. The Morgan fingerprint density at radius 3 is 2.72 bits per heavy atom. The molecule has 1 rings (SSSR count). The zero-order valence-electron chi connectivity index (χ0n) is 10.0. The summed E-state index contributed by atoms with van der Waals surface area (Å²) < 4.78 is 28.7. The second-order valence-electron chi connectivity index (χ2n) is 3.72. The quantitative estimate of drug-likeness (QED) is 0.815. The molecule has 0 aliphatic rings. The van der Waals surface area contributed by atoms with Crippen LogP contribution in [0.5, 0.6) is 5.75 Å². The predicted molar refractivity (Wildman–Crippen MR) is 63.2 cm³/mol. The first kappa shape index (κ1) is 14.4. The molecule has 1 amide bonds. The molecule has 18 heavy (non-hydrogen) atoms. The maximum Gasteiger partial charge on any atom is 0.387 e. The van der Waals surface area contributed by atoms with Crippen LogP contribution in [0.2, 0.25) is 0 Å². The van der Waals surface area contributed by atoms with Gasteiger partial charge in [-0.25, -0.2) is 0 Å². The van der Waals surface area contributed by atoms with Gasteiger partial charge < -0.3 is 15.8 Å². The third-order valence-corrected chi connectivity index (χ3v) is 2.42. The minimum atomic E-state index is -2.89. The van der Waals surface area contributed by atoms with Crippen molar-refractivity contribution in [2.45, 2.75) is 32.5 Å². The van der Waals surface area contributed by atoms with Gasteiger partial charge in [-0.2, -0.15) is 8.78 Å². The van der Waals surface area contributed by atoms with Crippen molar-refractivity contribution in [1.29, 1.82) is 0 Å². The molecule has 0 heterocycles. The Bertz CT molecular complexity index is 399. The summed E-state index contributed by atoms with van der Waals surface area (Å²) in [6.07, 6.45) is 0.515. The number of ether oxygens (including phenoxy) is 1. The van der Waals surface area contributed by atoms with Crippen LogP contribution in [0.3, 0.4) is 0 Å². The molecule has 0 unspecified atom stereocenters. The summed E-state index contributed by atoms with van der Waals surface area (Å²) in [6.45, 7) is -0.993. The van der Waals surface area contributed by atoms with Crippen LogP contribution in [0, 0.1) is 0 Å². The van der Waals surface area contributed by atoms with Crippen LogP contribution in [-0.2, 0) is 11.3 Å². The second kappa shape index (κ2) is 6.90. The maximum absolute atomic E-state index is 12.2. The van der Waals surface area contributed by atoms with E-state index in [2.05, 4.69) is 10.1 Å². The Kier molecular flexibility index (Phi) is 5.51. The van der Waals surface area contributed by atoms with Gasteiger partial charge in [0.05, 0.1) is 6.04 Å². The molecule has 1 aromatic carbocycles. The molecule has 1 atom stereocenters. The highest BCUT2D eigenvalue weighted by molar-refractivity contribution is 5.81. The number of benzene rings is 1. The molecule has 0 radical (unpaired) electrons. The van der Waals surface area contributed by atoms with E-state index in [1.54, 1.807) is 25.1 Å². The van der Waals surface area contributed by atoms with Crippen LogP contribution < -0.4 is 15.8 Å². The van der Waals surface area contributed by atoms with Crippen LogP contribution in [0.15, 0.2) is 24.3 Å². The number of carbonyl (C=O) groups is 1. The van der Waals surface area contributed by atoms with Gasteiger partial charge in [-0.3, -0.25) is 4.79 Å². The zero-order chi connectivity index (χ0) is 13.5. The van der Waals surface area contributed by atoms with Gasteiger partial charge in [0, 0.05) is 12.1 Å². The van der Waals surface area contributed by atoms with E-state index in [9.17, 15) is 13.6 Å². The van der Waals surface area contributed by atoms with Crippen molar-refractivity contribution in [2.75, 3.05) is 0 Å². The minimum absolute atomic E-state index is 0.0536. The first-order chi connectivity index (χ1) is 8.54. The highest BCUT2D eigenvalue weighted by Gasteiger charge is 2.13. The van der Waals surface area contributed by atoms with Crippen molar-refractivity contribution in [3.8, 4) is 5.75 Å². The fourth-order valence-corrected chi connectivity index (χ4v) is 1.36. The van der Waals surface area contributed by atoms with Gasteiger partial charge >= 0.3 is 6.61 Å². The lowest BCUT2D eigenvalue weighted by Crippen LogP contribution is -2.39. The van der Waals surface area contributed by atoms with Gasteiger partial charge in [-0.1, -0.05) is 25.1 Å². The Balaban J connectivity index is 2.64. The molecule has 100 valence electrons. The molecule has 1 aromatic rings. The molecule has 0 aliphatic carbocycles. The van der Waals surface area contributed by atoms with E-state index >= 15 is 0 Å². The number of amides is 1. The van der Waals surface area contributed by atoms with Crippen molar-refractivity contribution >= 4 is 5.91 Å². The number of nitrogens with two attached hydrogens (primary N) is 1. The summed E-state index contributed by atoms with van der Waals surface area (Å²) in [6, 6.07) is 5.71. The number of carbonyl (C=O) groups excluding carboxylic acids is 1. The first-order valence-corrected chi connectivity index (χ1v) is 5.60. The molecule has 4 nitrogen and oxygen atoms in total. The summed E-state index contributed by atoms with van der Waals surface area (Å²) >= 11 is 0. The summed E-state index contributed by atoms with van der Waals surface area (Å²) in [5.74, 6) is -0.262. The smallest absolute Gasteiger partial charge is 0.387 e. The van der Waals surface area contributed by atoms with Crippen molar-refractivity contribution in [1.82, 2.24) is 5.32 Å². The second-order valence-corrected chi connectivity index (χ2v) is 3.72. The number of nitrogens with one attached hydrogen (secondary N) is 1. The molecule has 3 N–H and O–H groups in total. The molecule has 0 saturated heterocycles. The number of hydrogen-bond donors (Lipinski definition) is 2. The minimum Gasteiger partial charge on any atom is -0.434 e. The van der Waals surface area contributed by atoms with Gasteiger partial charge in [-0.15, -0.1) is 0 Å². The molecule has 0 spiro atoms. The van der Waals surface area contributed by atoms with Gasteiger partial charge in [0.1, 0.15) is 5.75 Å². The monoisotopic (exact) mass is 258 g/mol. The number of halogens is 2. The molecule has 6 heteroatoms. The van der Waals surface area contributed by atoms with E-state index in [1.165, 1.54) is 6.07 Å². The highest BCUT2D eigenvalue weighted by Crippen LogP contribution is 2.19. The summed E-state index contributed by atoms with van der Waals surface area (Å²) in [7, 11) is 0. The summed E-state index contributed by atoms with van der Waals surface area (Å²) in [4.78, 5) is 11.5. The Hall–Kier alpha value is -1.69. The standard InChI is InChI=1S/C12H16F2N2O2/c1-2-9(15)11(17)16-7-8-5-3-4-6-10(8)18-12(13)14/h3-6,9,12H,2,7,15H2,1H3,(H,16,17)/t9-/m0/s1. The van der Waals surface area contributed by atoms with Crippen LogP contribution >= 0.6 is 0 Å². The molecule has 0 saturated carbocycles. The SMILES string of the molecule is CC[C@H](N)C(=O)NCc1ccccc1OC(F)F. The van der Waals surface area contributed by atoms with Gasteiger partial charge in [0.15, 0.2) is 0 Å². The Morgan fingerprint density at radius 2 is 2.11 bits per heavy atom. The van der Waals surface area contributed by atoms with E-state index in [1.807, 2.05) is 0 Å². The molecule has 0 fully saturated rings. The van der Waals surface area contributed by atoms with Gasteiger partial charge in [0.2, 0.25) is 5.91 Å². The number of hydrogen-bond acceptors (Lipinski definition) is 3. The molecule has 0 bridgehead atoms. The summed E-state index contributed by atoms with van der Waals surface area (Å²) in [5, 5.41) is 2.57. The van der Waals surface area contributed by atoms with Crippen LogP contribution in [0.1, 0.15) is 18.9 Å². The van der Waals surface area contributed by atoms with Crippen molar-refractivity contribution in [2.24, 2.45) is 5.73 Å². The normalized spacial score (nSPS) is 12.3. The lowest BCUT2D eigenvalue weighted by atomic mass is 10.2. The molecular formula is C12H16F2N2O2. The Labute approximate surface area is 104 Å².